The number of aliphatic hydroxyl groups excluding tert-OH is 2. The minimum Gasteiger partial charge on any atom is -0.480 e. The summed E-state index contributed by atoms with van der Waals surface area (Å²) in [6.45, 7) is 6.80. The van der Waals surface area contributed by atoms with Gasteiger partial charge in [0, 0.05) is 24.5 Å². The first kappa shape index (κ1) is 53.2. The van der Waals surface area contributed by atoms with Gasteiger partial charge < -0.3 is 63.2 Å². The van der Waals surface area contributed by atoms with Gasteiger partial charge in [0.25, 0.3) is 0 Å². The summed E-state index contributed by atoms with van der Waals surface area (Å²) in [6, 6.07) is -1.63. The molecule has 1 heterocycles. The molecule has 0 aliphatic carbocycles. The zero-order valence-corrected chi connectivity index (χ0v) is 37.1. The molecule has 1 aromatic carbocycles. The van der Waals surface area contributed by atoms with Crippen molar-refractivity contribution >= 4 is 78.5 Å². The Kier molecular flexibility index (Phi) is 22.2. The molecule has 1 fully saturated rings. The van der Waals surface area contributed by atoms with Crippen molar-refractivity contribution in [3.63, 3.8) is 0 Å². The fourth-order valence-corrected chi connectivity index (χ4v) is 6.69. The summed E-state index contributed by atoms with van der Waals surface area (Å²) in [7, 11) is 0. The van der Waals surface area contributed by atoms with Crippen LogP contribution in [0.15, 0.2) is 30.3 Å². The molecule has 1 aromatic rings. The maximum absolute atomic E-state index is 13.7. The van der Waals surface area contributed by atoms with Crippen LogP contribution in [0.1, 0.15) is 59.4 Å². The molecule has 1 aliphatic heterocycles. The van der Waals surface area contributed by atoms with Crippen LogP contribution >= 0.6 is 25.3 Å². The Bertz CT molecular complexity index is 1740. The third-order valence-electron chi connectivity index (χ3n) is 9.75. The molecule has 21 nitrogen and oxygen atoms in total. The molecule has 346 valence electrons. The summed E-state index contributed by atoms with van der Waals surface area (Å²) >= 11 is 7.88. The number of thiol groups is 2. The quantitative estimate of drug-likeness (QED) is 0.0446. The molecule has 8 amide bonds. The van der Waals surface area contributed by atoms with Crippen molar-refractivity contribution in [1.29, 1.82) is 0 Å². The summed E-state index contributed by atoms with van der Waals surface area (Å²) < 4.78 is 0. The smallest absolute Gasteiger partial charge is 0.327 e. The lowest BCUT2D eigenvalue weighted by atomic mass is 10.0. The van der Waals surface area contributed by atoms with Crippen molar-refractivity contribution in [2.45, 2.75) is 121 Å². The van der Waals surface area contributed by atoms with E-state index in [2.05, 4.69) is 62.5 Å². The number of carbonyl (C=O) groups excluding carboxylic acids is 8. The minimum absolute atomic E-state index is 0.00511. The Labute approximate surface area is 371 Å². The lowest BCUT2D eigenvalue weighted by molar-refractivity contribution is -0.141. The number of aliphatic hydroxyl groups is 2. The average Bonchev–Trinajstić information content (AvgIpc) is 3.72. The van der Waals surface area contributed by atoms with E-state index in [0.717, 1.165) is 0 Å². The zero-order valence-electron chi connectivity index (χ0n) is 35.3. The van der Waals surface area contributed by atoms with Crippen molar-refractivity contribution in [1.82, 2.24) is 42.1 Å². The molecule has 1 aliphatic rings. The molecule has 0 aromatic heterocycles. The number of hydrogen-bond acceptors (Lipinski definition) is 14. The number of nitrogens with two attached hydrogens (primary N) is 1. The molecule has 0 saturated carbocycles. The molecule has 12 N–H and O–H groups in total. The Hall–Kier alpha value is -4.97. The molecule has 62 heavy (non-hydrogen) atoms. The Balaban J connectivity index is 2.16. The number of nitrogens with one attached hydrogen (secondary N) is 7. The molecule has 0 unspecified atom stereocenters. The molecule has 1 saturated heterocycles. The van der Waals surface area contributed by atoms with Crippen molar-refractivity contribution in [3.05, 3.63) is 35.9 Å². The van der Waals surface area contributed by atoms with Crippen LogP contribution < -0.4 is 43.0 Å². The molecular formula is C39H61N9O12S2. The van der Waals surface area contributed by atoms with Gasteiger partial charge >= 0.3 is 5.97 Å². The van der Waals surface area contributed by atoms with Crippen molar-refractivity contribution in [2.24, 2.45) is 11.7 Å². The first-order valence-electron chi connectivity index (χ1n) is 20.1. The Morgan fingerprint density at radius 2 is 1.27 bits per heavy atom. The van der Waals surface area contributed by atoms with Crippen LogP contribution in [0.3, 0.4) is 0 Å². The van der Waals surface area contributed by atoms with Crippen LogP contribution in [0, 0.1) is 5.92 Å². The predicted molar refractivity (Wildman–Crippen MR) is 231 cm³/mol. The minimum atomic E-state index is -1.62. The van der Waals surface area contributed by atoms with Crippen LogP contribution in [0.5, 0.6) is 0 Å². The van der Waals surface area contributed by atoms with E-state index in [1.807, 2.05) is 0 Å². The number of likely N-dealkylation sites (tertiary alicyclic amines) is 1. The lowest BCUT2D eigenvalue weighted by Gasteiger charge is -2.29. The standard InChI is InChI=1S/C39H61N9O12S2/c1-19(2)14-25(44-38(58)31(22(5)50)46-33(53)24(40)17-61)35(55)47-30(21(4)49)37(57)41-16-29(51)48-13-9-12-28(48)36(56)43-26(15-23-10-7-6-8-11-23)34(54)42-20(3)32(52)45-27(18-62)39(59)60/h6-8,10-11,19-22,24-28,30-31,49-50,61-62H,9,12-18,40H2,1-5H3,(H,41,57)(H,42,54)(H,43,56)(H,44,58)(H,45,52)(H,46,53)(H,47,55)(H,59,60)/t20-,21+,22+,24-,25-,26-,27-,28-,30-,31-/m0/s1. The predicted octanol–water partition coefficient (Wildman–Crippen LogP) is -3.66. The number of nitrogens with zero attached hydrogens (tertiary/aromatic N) is 1. The fraction of sp³-hybridized carbons (Fsp3) is 0.615. The van der Waals surface area contributed by atoms with Gasteiger partial charge in [-0.3, -0.25) is 38.4 Å². The van der Waals surface area contributed by atoms with E-state index in [1.165, 1.54) is 25.7 Å². The summed E-state index contributed by atoms with van der Waals surface area (Å²) in [6.07, 6.45) is -2.24. The van der Waals surface area contributed by atoms with Crippen molar-refractivity contribution in [3.8, 4) is 0 Å². The van der Waals surface area contributed by atoms with Crippen molar-refractivity contribution < 1.29 is 58.5 Å². The highest BCUT2D eigenvalue weighted by Gasteiger charge is 2.38. The topological polar surface area (TPSA) is 328 Å². The number of amides is 8. The second-order valence-corrected chi connectivity index (χ2v) is 16.2. The maximum atomic E-state index is 13.7. The van der Waals surface area contributed by atoms with Crippen LogP contribution in [0.25, 0.3) is 0 Å². The van der Waals surface area contributed by atoms with Gasteiger partial charge in [0.05, 0.1) is 24.8 Å². The van der Waals surface area contributed by atoms with Crippen LogP contribution in [-0.4, -0.2) is 159 Å². The second-order valence-electron chi connectivity index (χ2n) is 15.5. The van der Waals surface area contributed by atoms with E-state index in [0.29, 0.717) is 12.0 Å². The normalized spacial score (nSPS) is 18.0. The first-order valence-corrected chi connectivity index (χ1v) is 21.4. The number of benzene rings is 1. The average molecular weight is 912 g/mol. The number of aliphatic carboxylic acids is 1. The summed E-state index contributed by atoms with van der Waals surface area (Å²) in [5.41, 5.74) is 6.34. The van der Waals surface area contributed by atoms with Gasteiger partial charge in [-0.15, -0.1) is 0 Å². The molecule has 0 radical (unpaired) electrons. The third kappa shape index (κ3) is 16.7. The molecular weight excluding hydrogens is 851 g/mol. The van der Waals surface area contributed by atoms with E-state index < -0.39 is 120 Å². The van der Waals surface area contributed by atoms with Gasteiger partial charge in [-0.2, -0.15) is 25.3 Å². The number of rotatable bonds is 24. The molecule has 10 atom stereocenters. The zero-order chi connectivity index (χ0) is 46.8. The van der Waals surface area contributed by atoms with Gasteiger partial charge in [0.2, 0.25) is 47.3 Å². The van der Waals surface area contributed by atoms with Gasteiger partial charge in [-0.25, -0.2) is 4.79 Å². The van der Waals surface area contributed by atoms with Crippen LogP contribution in [-0.2, 0) is 49.6 Å². The Morgan fingerprint density at radius 3 is 1.82 bits per heavy atom. The molecule has 23 heteroatoms. The van der Waals surface area contributed by atoms with E-state index in [4.69, 9.17) is 5.73 Å². The van der Waals surface area contributed by atoms with E-state index in [1.54, 1.807) is 44.2 Å². The van der Waals surface area contributed by atoms with Gasteiger partial charge in [-0.05, 0) is 51.5 Å². The van der Waals surface area contributed by atoms with E-state index >= 15 is 0 Å². The van der Waals surface area contributed by atoms with E-state index in [9.17, 15) is 58.5 Å². The van der Waals surface area contributed by atoms with Gasteiger partial charge in [0.15, 0.2) is 0 Å². The van der Waals surface area contributed by atoms with Gasteiger partial charge in [-0.1, -0.05) is 44.2 Å². The van der Waals surface area contributed by atoms with E-state index in [-0.39, 0.29) is 43.2 Å². The maximum Gasteiger partial charge on any atom is 0.327 e. The molecule has 2 rings (SSSR count). The SMILES string of the molecule is CC(C)C[C@H](NC(=O)[C@@H](NC(=O)[C@@H](N)CS)[C@@H](C)O)C(=O)N[C@H](C(=O)NCC(=O)N1CCC[C@H]1C(=O)N[C@@H](Cc1ccccc1)C(=O)N[C@@H](C)C(=O)N[C@@H](CS)C(=O)O)[C@@H](C)O. The summed E-state index contributed by atoms with van der Waals surface area (Å²) in [5.74, 6) is -8.19. The highest BCUT2D eigenvalue weighted by Crippen LogP contribution is 2.18. The van der Waals surface area contributed by atoms with Crippen LogP contribution in [0.4, 0.5) is 0 Å². The first-order chi connectivity index (χ1) is 29.1. The fourth-order valence-electron chi connectivity index (χ4n) is 6.27. The largest absolute Gasteiger partial charge is 0.480 e. The number of carboxylic acids is 1. The highest BCUT2D eigenvalue weighted by atomic mass is 32.1. The Morgan fingerprint density at radius 1 is 0.710 bits per heavy atom. The number of carboxylic acid groups (broad SMARTS) is 1. The third-order valence-corrected chi connectivity index (χ3v) is 10.5. The van der Waals surface area contributed by atoms with Crippen molar-refractivity contribution in [2.75, 3.05) is 24.6 Å². The molecule has 0 bridgehead atoms. The molecule has 0 spiro atoms. The summed E-state index contributed by atoms with van der Waals surface area (Å²) in [5, 5.41) is 47.0. The lowest BCUT2D eigenvalue weighted by Crippen LogP contribution is -2.61. The second kappa shape index (κ2) is 25.8. The van der Waals surface area contributed by atoms with Gasteiger partial charge in [0.1, 0.15) is 42.3 Å². The highest BCUT2D eigenvalue weighted by molar-refractivity contribution is 7.80. The number of carbonyl (C=O) groups is 9. The van der Waals surface area contributed by atoms with Crippen LogP contribution in [0.2, 0.25) is 0 Å². The monoisotopic (exact) mass is 911 g/mol. The number of hydrogen-bond donors (Lipinski definition) is 13. The summed E-state index contributed by atoms with van der Waals surface area (Å²) in [4.78, 5) is 118.